The molecule has 0 saturated carbocycles. The summed E-state index contributed by atoms with van der Waals surface area (Å²) in [5.41, 5.74) is 0.482. The van der Waals surface area contributed by atoms with E-state index in [-0.39, 0.29) is 0 Å². The highest BCUT2D eigenvalue weighted by Gasteiger charge is 2.26. The molecular formula is C11H12O5. The first-order valence-corrected chi connectivity index (χ1v) is 4.54. The number of methoxy groups -OCH3 is 2. The predicted octanol–water partition coefficient (Wildman–Crippen LogP) is 1.04. The second-order valence-corrected chi connectivity index (χ2v) is 3.06. The zero-order valence-electron chi connectivity index (χ0n) is 8.97. The summed E-state index contributed by atoms with van der Waals surface area (Å²) in [6.45, 7) is 0. The summed E-state index contributed by atoms with van der Waals surface area (Å²) in [5, 5.41) is 8.59. The molecule has 1 aromatic carbocycles. The third kappa shape index (κ3) is 2.58. The number of carboxylic acid groups (broad SMARTS) is 1. The Bertz CT molecular complexity index is 382. The fourth-order valence-corrected chi connectivity index (χ4v) is 1.29. The quantitative estimate of drug-likeness (QED) is 0.756. The number of ketones is 1. The molecule has 1 aromatic rings. The highest BCUT2D eigenvalue weighted by Crippen LogP contribution is 2.20. The number of benzene rings is 1. The third-order valence-electron chi connectivity index (χ3n) is 2.10. The van der Waals surface area contributed by atoms with Crippen molar-refractivity contribution in [1.82, 2.24) is 0 Å². The smallest absolute Gasteiger partial charge is 0.375 e. The van der Waals surface area contributed by atoms with E-state index in [1.54, 1.807) is 24.3 Å². The highest BCUT2D eigenvalue weighted by atomic mass is 16.5. The van der Waals surface area contributed by atoms with Crippen molar-refractivity contribution in [3.8, 4) is 5.75 Å². The van der Waals surface area contributed by atoms with E-state index in [4.69, 9.17) is 14.6 Å². The van der Waals surface area contributed by atoms with Crippen LogP contribution in [0.25, 0.3) is 0 Å². The van der Waals surface area contributed by atoms with Gasteiger partial charge >= 0.3 is 5.97 Å². The van der Waals surface area contributed by atoms with Crippen LogP contribution >= 0.6 is 0 Å². The Labute approximate surface area is 92.6 Å². The normalized spacial score (nSPS) is 11.9. The van der Waals surface area contributed by atoms with Crippen molar-refractivity contribution in [3.05, 3.63) is 29.8 Å². The highest BCUT2D eigenvalue weighted by molar-refractivity contribution is 6.34. The third-order valence-corrected chi connectivity index (χ3v) is 2.10. The van der Waals surface area contributed by atoms with Gasteiger partial charge in [0.05, 0.1) is 7.11 Å². The molecule has 1 unspecified atom stereocenters. The summed E-state index contributed by atoms with van der Waals surface area (Å²) in [4.78, 5) is 21.8. The van der Waals surface area contributed by atoms with Crippen molar-refractivity contribution < 1.29 is 24.2 Å². The number of ether oxygens (including phenoxy) is 2. The topological polar surface area (TPSA) is 72.8 Å². The summed E-state index contributed by atoms with van der Waals surface area (Å²) < 4.78 is 9.81. The molecule has 0 aliphatic rings. The van der Waals surface area contributed by atoms with E-state index in [9.17, 15) is 9.59 Å². The van der Waals surface area contributed by atoms with Gasteiger partial charge in [0.15, 0.2) is 6.10 Å². The van der Waals surface area contributed by atoms with E-state index >= 15 is 0 Å². The lowest BCUT2D eigenvalue weighted by Crippen LogP contribution is -2.22. The SMILES string of the molecule is COc1ccc(C(OC)C(=O)C(=O)O)cc1. The molecule has 0 saturated heterocycles. The molecule has 5 heteroatoms. The number of aliphatic carboxylic acids is 1. The van der Waals surface area contributed by atoms with E-state index in [0.717, 1.165) is 0 Å². The lowest BCUT2D eigenvalue weighted by Gasteiger charge is -2.12. The van der Waals surface area contributed by atoms with Gasteiger partial charge in [0, 0.05) is 7.11 Å². The fraction of sp³-hybridized carbons (Fsp3) is 0.273. The van der Waals surface area contributed by atoms with Gasteiger partial charge < -0.3 is 14.6 Å². The Morgan fingerprint density at radius 3 is 2.12 bits per heavy atom. The zero-order chi connectivity index (χ0) is 12.1. The molecule has 0 aromatic heterocycles. The summed E-state index contributed by atoms with van der Waals surface area (Å²) in [7, 11) is 2.81. The maximum atomic E-state index is 11.3. The molecule has 0 spiro atoms. The maximum absolute atomic E-state index is 11.3. The van der Waals surface area contributed by atoms with Gasteiger partial charge in [-0.15, -0.1) is 0 Å². The fourth-order valence-electron chi connectivity index (χ4n) is 1.29. The van der Waals surface area contributed by atoms with E-state index < -0.39 is 17.9 Å². The molecule has 16 heavy (non-hydrogen) atoms. The van der Waals surface area contributed by atoms with Crippen molar-refractivity contribution in [2.45, 2.75) is 6.10 Å². The Hall–Kier alpha value is -1.88. The van der Waals surface area contributed by atoms with Crippen LogP contribution in [0.4, 0.5) is 0 Å². The minimum Gasteiger partial charge on any atom is -0.497 e. The first kappa shape index (κ1) is 12.2. The summed E-state index contributed by atoms with van der Waals surface area (Å²) in [5.74, 6) is -1.88. The van der Waals surface area contributed by atoms with Crippen LogP contribution in [-0.4, -0.2) is 31.1 Å². The number of carbonyl (C=O) groups is 2. The number of hydrogen-bond acceptors (Lipinski definition) is 4. The van der Waals surface area contributed by atoms with Crippen LogP contribution in [0.5, 0.6) is 5.75 Å². The molecule has 0 amide bonds. The molecule has 0 fully saturated rings. The Morgan fingerprint density at radius 1 is 1.19 bits per heavy atom. The molecule has 86 valence electrons. The van der Waals surface area contributed by atoms with Gasteiger partial charge in [0.25, 0.3) is 5.78 Å². The summed E-state index contributed by atoms with van der Waals surface area (Å²) in [6.07, 6.45) is -1.08. The van der Waals surface area contributed by atoms with Crippen LogP contribution in [0.2, 0.25) is 0 Å². The molecule has 0 aliphatic heterocycles. The van der Waals surface area contributed by atoms with Gasteiger partial charge in [0.2, 0.25) is 0 Å². The molecule has 0 heterocycles. The van der Waals surface area contributed by atoms with Crippen molar-refractivity contribution in [2.24, 2.45) is 0 Å². The van der Waals surface area contributed by atoms with Crippen LogP contribution in [0.3, 0.4) is 0 Å². The molecule has 1 rings (SSSR count). The van der Waals surface area contributed by atoms with Gasteiger partial charge in [-0.25, -0.2) is 4.79 Å². The Balaban J connectivity index is 2.95. The van der Waals surface area contributed by atoms with Gasteiger partial charge in [-0.05, 0) is 17.7 Å². The lowest BCUT2D eigenvalue weighted by molar-refractivity contribution is -0.154. The molecule has 1 atom stereocenters. The van der Waals surface area contributed by atoms with Gasteiger partial charge in [-0.2, -0.15) is 0 Å². The van der Waals surface area contributed by atoms with Crippen molar-refractivity contribution in [3.63, 3.8) is 0 Å². The number of rotatable bonds is 5. The average Bonchev–Trinajstić information content (AvgIpc) is 2.30. The van der Waals surface area contributed by atoms with E-state index in [1.807, 2.05) is 0 Å². The van der Waals surface area contributed by atoms with Crippen LogP contribution in [0, 0.1) is 0 Å². The van der Waals surface area contributed by atoms with Crippen molar-refractivity contribution in [2.75, 3.05) is 14.2 Å². The first-order chi connectivity index (χ1) is 7.60. The minimum absolute atomic E-state index is 0.482. The summed E-state index contributed by atoms with van der Waals surface area (Å²) >= 11 is 0. The van der Waals surface area contributed by atoms with Gasteiger partial charge in [0.1, 0.15) is 5.75 Å². The van der Waals surface area contributed by atoms with Crippen molar-refractivity contribution in [1.29, 1.82) is 0 Å². The predicted molar refractivity (Wildman–Crippen MR) is 55.4 cm³/mol. The number of carbonyl (C=O) groups excluding carboxylic acids is 1. The van der Waals surface area contributed by atoms with E-state index in [1.165, 1.54) is 14.2 Å². The standard InChI is InChI=1S/C11H12O5/c1-15-8-5-3-7(4-6-8)10(16-2)9(12)11(13)14/h3-6,10H,1-2H3,(H,13,14). The second-order valence-electron chi connectivity index (χ2n) is 3.06. The summed E-state index contributed by atoms with van der Waals surface area (Å²) in [6, 6.07) is 6.45. The van der Waals surface area contributed by atoms with Gasteiger partial charge in [-0.3, -0.25) is 4.79 Å². The Kier molecular flexibility index (Phi) is 4.02. The molecular weight excluding hydrogens is 212 g/mol. The minimum atomic E-state index is -1.51. The van der Waals surface area contributed by atoms with Crippen LogP contribution in [-0.2, 0) is 14.3 Å². The molecule has 0 bridgehead atoms. The second kappa shape index (κ2) is 5.27. The molecule has 0 aliphatic carbocycles. The van der Waals surface area contributed by atoms with Crippen LogP contribution < -0.4 is 4.74 Å². The maximum Gasteiger partial charge on any atom is 0.375 e. The Morgan fingerprint density at radius 2 is 1.75 bits per heavy atom. The van der Waals surface area contributed by atoms with Gasteiger partial charge in [-0.1, -0.05) is 12.1 Å². The zero-order valence-corrected chi connectivity index (χ0v) is 8.97. The van der Waals surface area contributed by atoms with Crippen LogP contribution in [0.15, 0.2) is 24.3 Å². The average molecular weight is 224 g/mol. The molecule has 1 N–H and O–H groups in total. The van der Waals surface area contributed by atoms with Crippen LogP contribution in [0.1, 0.15) is 11.7 Å². The monoisotopic (exact) mass is 224 g/mol. The number of Topliss-reactive ketones (excluding diaryl/α,β-unsaturated/α-hetero) is 1. The first-order valence-electron chi connectivity index (χ1n) is 4.54. The number of carboxylic acids is 1. The lowest BCUT2D eigenvalue weighted by atomic mass is 10.1. The van der Waals surface area contributed by atoms with E-state index in [0.29, 0.717) is 11.3 Å². The van der Waals surface area contributed by atoms with Crippen molar-refractivity contribution >= 4 is 11.8 Å². The largest absolute Gasteiger partial charge is 0.497 e. The molecule has 5 nitrogen and oxygen atoms in total. The van der Waals surface area contributed by atoms with E-state index in [2.05, 4.69) is 0 Å². The number of hydrogen-bond donors (Lipinski definition) is 1. The molecule has 0 radical (unpaired) electrons.